The summed E-state index contributed by atoms with van der Waals surface area (Å²) in [5, 5.41) is 0. The summed E-state index contributed by atoms with van der Waals surface area (Å²) in [5.41, 5.74) is 5.60. The minimum Gasteiger partial charge on any atom is -0.328 e. The number of rotatable bonds is 0. The predicted octanol–water partition coefficient (Wildman–Crippen LogP) is 1.09. The van der Waals surface area contributed by atoms with E-state index in [1.54, 1.807) is 0 Å². The number of hydrogen-bond donors (Lipinski definition) is 1. The van der Waals surface area contributed by atoms with Gasteiger partial charge in [0.15, 0.2) is 0 Å². The Morgan fingerprint density at radius 2 is 2.43 bits per heavy atom. The quantitative estimate of drug-likeness (QED) is 0.482. The van der Waals surface area contributed by atoms with E-state index in [-0.39, 0.29) is 0 Å². The van der Waals surface area contributed by atoms with Crippen LogP contribution in [0.2, 0.25) is 0 Å². The van der Waals surface area contributed by atoms with Gasteiger partial charge in [0.2, 0.25) is 0 Å². The summed E-state index contributed by atoms with van der Waals surface area (Å²) in [7, 11) is 0. The molecule has 0 aromatic heterocycles. The third-order valence-electron chi connectivity index (χ3n) is 1.45. The fourth-order valence-corrected chi connectivity index (χ4v) is 0.974. The van der Waals surface area contributed by atoms with Gasteiger partial charge in [-0.3, -0.25) is 0 Å². The molecule has 0 spiro atoms. The summed E-state index contributed by atoms with van der Waals surface area (Å²) in [5.74, 6) is 0. The molecule has 0 aliphatic heterocycles. The van der Waals surface area contributed by atoms with E-state index >= 15 is 0 Å². The van der Waals surface area contributed by atoms with Crippen molar-refractivity contribution in [2.75, 3.05) is 0 Å². The van der Waals surface area contributed by atoms with Crippen molar-refractivity contribution < 1.29 is 0 Å². The largest absolute Gasteiger partial charge is 0.328 e. The van der Waals surface area contributed by atoms with Gasteiger partial charge in [-0.2, -0.15) is 0 Å². The summed E-state index contributed by atoms with van der Waals surface area (Å²) >= 11 is 0. The molecule has 0 heterocycles. The third-order valence-corrected chi connectivity index (χ3v) is 1.45. The van der Waals surface area contributed by atoms with Gasteiger partial charge in [-0.25, -0.2) is 0 Å². The molecule has 1 fully saturated rings. The van der Waals surface area contributed by atoms with Crippen molar-refractivity contribution in [1.29, 1.82) is 0 Å². The Morgan fingerprint density at radius 3 is 2.71 bits per heavy atom. The Kier molecular flexibility index (Phi) is 1.69. The summed E-state index contributed by atoms with van der Waals surface area (Å²) in [4.78, 5) is 0. The molecule has 1 rings (SSSR count). The van der Waals surface area contributed by atoms with Crippen molar-refractivity contribution in [3.63, 3.8) is 0 Å². The van der Waals surface area contributed by atoms with Crippen molar-refractivity contribution in [3.8, 4) is 0 Å². The Hall–Kier alpha value is -0.0400. The molecule has 1 heteroatoms. The van der Waals surface area contributed by atoms with E-state index in [1.165, 1.54) is 19.3 Å². The van der Waals surface area contributed by atoms with Crippen LogP contribution in [0.1, 0.15) is 25.7 Å². The van der Waals surface area contributed by atoms with Gasteiger partial charge in [-0.15, -0.1) is 0 Å². The van der Waals surface area contributed by atoms with E-state index in [0.717, 1.165) is 6.42 Å². The SMILES string of the molecule is N[C@@H]1C[CH]CCC1. The third kappa shape index (κ3) is 1.48. The van der Waals surface area contributed by atoms with Crippen molar-refractivity contribution in [1.82, 2.24) is 0 Å². The topological polar surface area (TPSA) is 26.0 Å². The van der Waals surface area contributed by atoms with Gasteiger partial charge >= 0.3 is 0 Å². The molecule has 41 valence electrons. The van der Waals surface area contributed by atoms with Crippen LogP contribution < -0.4 is 5.73 Å². The summed E-state index contributed by atoms with van der Waals surface area (Å²) in [6.45, 7) is 0. The Morgan fingerprint density at radius 1 is 1.57 bits per heavy atom. The summed E-state index contributed by atoms with van der Waals surface area (Å²) in [6, 6.07) is 0.480. The fourth-order valence-electron chi connectivity index (χ4n) is 0.974. The van der Waals surface area contributed by atoms with E-state index in [9.17, 15) is 0 Å². The first-order valence-corrected chi connectivity index (χ1v) is 2.97. The monoisotopic (exact) mass is 98.1 g/mol. The van der Waals surface area contributed by atoms with Crippen LogP contribution in [0, 0.1) is 6.42 Å². The molecule has 2 N–H and O–H groups in total. The lowest BCUT2D eigenvalue weighted by Crippen LogP contribution is -2.22. The number of nitrogens with two attached hydrogens (primary N) is 1. The van der Waals surface area contributed by atoms with Crippen LogP contribution in [0.3, 0.4) is 0 Å². The zero-order valence-electron chi connectivity index (χ0n) is 4.56. The van der Waals surface area contributed by atoms with Crippen molar-refractivity contribution in [3.05, 3.63) is 6.42 Å². The maximum absolute atomic E-state index is 5.60. The Labute approximate surface area is 44.9 Å². The fraction of sp³-hybridized carbons (Fsp3) is 0.833. The lowest BCUT2D eigenvalue weighted by Gasteiger charge is -2.15. The second kappa shape index (κ2) is 2.31. The standard InChI is InChI=1S/C6H12N/c7-6-4-2-1-3-5-6/h2,6H,1,3-5,7H2/t6-/m1/s1. The molecule has 1 radical (unpaired) electrons. The molecule has 0 saturated heterocycles. The second-order valence-corrected chi connectivity index (χ2v) is 2.22. The molecular weight excluding hydrogens is 86.1 g/mol. The average molecular weight is 98.2 g/mol. The predicted molar refractivity (Wildman–Crippen MR) is 30.7 cm³/mol. The van der Waals surface area contributed by atoms with E-state index in [4.69, 9.17) is 5.73 Å². The molecule has 1 atom stereocenters. The van der Waals surface area contributed by atoms with Crippen molar-refractivity contribution in [2.24, 2.45) is 5.73 Å². The normalized spacial score (nSPS) is 25.3. The minimum absolute atomic E-state index is 0.480. The maximum atomic E-state index is 5.60. The summed E-state index contributed by atoms with van der Waals surface area (Å²) in [6.07, 6.45) is 7.25. The molecule has 1 aliphatic carbocycles. The van der Waals surface area contributed by atoms with Crippen LogP contribution in [0.4, 0.5) is 0 Å². The first kappa shape index (κ1) is 5.10. The average Bonchev–Trinajstić information content (AvgIpc) is 1.69. The Bertz CT molecular complexity index is 46.1. The molecule has 7 heavy (non-hydrogen) atoms. The van der Waals surface area contributed by atoms with Gasteiger partial charge < -0.3 is 5.73 Å². The Balaban J connectivity index is 2.12. The molecule has 1 aliphatic rings. The van der Waals surface area contributed by atoms with Gasteiger partial charge in [0.25, 0.3) is 0 Å². The summed E-state index contributed by atoms with van der Waals surface area (Å²) < 4.78 is 0. The lowest BCUT2D eigenvalue weighted by molar-refractivity contribution is 0.512. The van der Waals surface area contributed by atoms with E-state index in [0.29, 0.717) is 6.04 Å². The molecule has 1 saturated carbocycles. The molecule has 0 aromatic rings. The zero-order chi connectivity index (χ0) is 5.11. The van der Waals surface area contributed by atoms with Crippen LogP contribution in [-0.2, 0) is 0 Å². The van der Waals surface area contributed by atoms with Gasteiger partial charge in [-0.1, -0.05) is 12.8 Å². The highest BCUT2D eigenvalue weighted by molar-refractivity contribution is 4.78. The highest BCUT2D eigenvalue weighted by atomic mass is 14.6. The van der Waals surface area contributed by atoms with Crippen LogP contribution in [0.25, 0.3) is 0 Å². The maximum Gasteiger partial charge on any atom is 0.00415 e. The van der Waals surface area contributed by atoms with Crippen LogP contribution in [0.15, 0.2) is 0 Å². The van der Waals surface area contributed by atoms with Gasteiger partial charge in [0, 0.05) is 6.04 Å². The van der Waals surface area contributed by atoms with E-state index in [1.807, 2.05) is 0 Å². The smallest absolute Gasteiger partial charge is 0.00415 e. The highest BCUT2D eigenvalue weighted by Gasteiger charge is 2.06. The zero-order valence-corrected chi connectivity index (χ0v) is 4.56. The van der Waals surface area contributed by atoms with Crippen LogP contribution in [-0.4, -0.2) is 6.04 Å². The van der Waals surface area contributed by atoms with Crippen molar-refractivity contribution >= 4 is 0 Å². The van der Waals surface area contributed by atoms with E-state index < -0.39 is 0 Å². The molecule has 1 nitrogen and oxygen atoms in total. The van der Waals surface area contributed by atoms with Gasteiger partial charge in [-0.05, 0) is 19.3 Å². The van der Waals surface area contributed by atoms with Gasteiger partial charge in [0.1, 0.15) is 0 Å². The van der Waals surface area contributed by atoms with Crippen LogP contribution in [0.5, 0.6) is 0 Å². The number of hydrogen-bond acceptors (Lipinski definition) is 1. The molecule has 0 bridgehead atoms. The minimum atomic E-state index is 0.480. The molecule has 0 amide bonds. The molecule has 0 aromatic carbocycles. The first-order valence-electron chi connectivity index (χ1n) is 2.97. The van der Waals surface area contributed by atoms with E-state index in [2.05, 4.69) is 6.42 Å². The van der Waals surface area contributed by atoms with Crippen LogP contribution >= 0.6 is 0 Å². The highest BCUT2D eigenvalue weighted by Crippen LogP contribution is 2.13. The second-order valence-electron chi connectivity index (χ2n) is 2.22. The van der Waals surface area contributed by atoms with Crippen molar-refractivity contribution in [2.45, 2.75) is 31.7 Å². The lowest BCUT2D eigenvalue weighted by atomic mass is 9.97. The first-order chi connectivity index (χ1) is 3.39. The van der Waals surface area contributed by atoms with Gasteiger partial charge in [0.05, 0.1) is 0 Å². The molecule has 0 unspecified atom stereocenters. The molecular formula is C6H12N.